The van der Waals surface area contributed by atoms with Crippen LogP contribution in [-0.2, 0) is 18.9 Å². The number of fused-ring (bicyclic) bond motifs is 3. The molecule has 0 saturated carbocycles. The van der Waals surface area contributed by atoms with Gasteiger partial charge in [-0.25, -0.2) is 29.5 Å². The molecular weight excluding hydrogens is 1280 g/mol. The van der Waals surface area contributed by atoms with Crippen molar-refractivity contribution in [1.29, 1.82) is 0 Å². The number of nitrogens with zero attached hydrogens (tertiary/aromatic N) is 7. The zero-order valence-corrected chi connectivity index (χ0v) is 52.4. The van der Waals surface area contributed by atoms with Crippen LogP contribution in [0.1, 0.15) is 67.3 Å². The maximum atomic E-state index is 12.2. The molecule has 25 heteroatoms. The van der Waals surface area contributed by atoms with Crippen LogP contribution in [0.25, 0.3) is 37.5 Å². The number of thiophene rings is 1. The van der Waals surface area contributed by atoms with Gasteiger partial charge in [-0.05, 0) is 146 Å². The predicted octanol–water partition coefficient (Wildman–Crippen LogP) is 14.1. The minimum Gasteiger partial charge on any atom is -0.477 e. The van der Waals surface area contributed by atoms with E-state index in [1.165, 1.54) is 16.0 Å². The number of H-pyrrole nitrogens is 1. The van der Waals surface area contributed by atoms with Gasteiger partial charge in [-0.15, -0.1) is 11.3 Å². The van der Waals surface area contributed by atoms with Crippen LogP contribution in [-0.4, -0.2) is 136 Å². The number of methoxy groups -OCH3 is 2. The number of allylic oxidation sites excluding steroid dienone is 1. The van der Waals surface area contributed by atoms with Crippen LogP contribution in [0, 0.1) is 0 Å². The van der Waals surface area contributed by atoms with Crippen molar-refractivity contribution < 1.29 is 38.4 Å². The van der Waals surface area contributed by atoms with Gasteiger partial charge >= 0.3 is 12.1 Å². The summed E-state index contributed by atoms with van der Waals surface area (Å²) < 4.78 is 24.1. The van der Waals surface area contributed by atoms with Crippen molar-refractivity contribution >= 4 is 151 Å². The van der Waals surface area contributed by atoms with Gasteiger partial charge < -0.3 is 50.7 Å². The van der Waals surface area contributed by atoms with E-state index in [2.05, 4.69) is 88.9 Å². The van der Waals surface area contributed by atoms with Gasteiger partial charge in [-0.3, -0.25) is 9.79 Å². The maximum absolute atomic E-state index is 12.2. The van der Waals surface area contributed by atoms with Crippen molar-refractivity contribution in [3.63, 3.8) is 0 Å². The van der Waals surface area contributed by atoms with E-state index >= 15 is 0 Å². The number of ketones is 1. The Morgan fingerprint density at radius 2 is 1.45 bits per heavy atom. The first-order chi connectivity index (χ1) is 40.3. The second kappa shape index (κ2) is 34.8. The fraction of sp³-hybridized carbons (Fsp3) is 0.283. The number of Topliss-reactive ketones (excluding diaryl/α,β-unsaturated/α-hetero) is 1. The molecule has 85 heavy (non-hydrogen) atoms. The van der Waals surface area contributed by atoms with Gasteiger partial charge in [0.2, 0.25) is 10.6 Å². The number of benzene rings is 4. The summed E-state index contributed by atoms with van der Waals surface area (Å²) in [6.45, 7) is 12.7. The molecule has 0 spiro atoms. The number of halogens is 4. The lowest BCUT2D eigenvalue weighted by atomic mass is 10.1. The lowest BCUT2D eigenvalue weighted by molar-refractivity contribution is 0.0522. The summed E-state index contributed by atoms with van der Waals surface area (Å²) >= 11 is 19.5. The first kappa shape index (κ1) is 68.7. The van der Waals surface area contributed by atoms with E-state index in [9.17, 15) is 14.4 Å². The van der Waals surface area contributed by atoms with Gasteiger partial charge in [0.1, 0.15) is 22.1 Å². The summed E-state index contributed by atoms with van der Waals surface area (Å²) in [5, 5.41) is 25.5. The van der Waals surface area contributed by atoms with Gasteiger partial charge in [0.05, 0.1) is 43.8 Å². The van der Waals surface area contributed by atoms with E-state index in [0.29, 0.717) is 33.8 Å². The molecule has 11 rings (SSSR count). The summed E-state index contributed by atoms with van der Waals surface area (Å²) in [5.41, 5.74) is 11.2. The second-order valence-corrected chi connectivity index (χ2v) is 22.7. The number of carbonyl (C=O) groups is 3. The number of nitrogens with two attached hydrogens (primary N) is 1. The molecule has 1 atom stereocenters. The average Bonchev–Trinajstić information content (AvgIpc) is 3.23. The number of hydrogen-bond donors (Lipinski definition) is 6. The minimum atomic E-state index is -0.864. The van der Waals surface area contributed by atoms with Crippen LogP contribution in [0.15, 0.2) is 142 Å². The van der Waals surface area contributed by atoms with Crippen molar-refractivity contribution in [3.8, 4) is 0 Å². The maximum Gasteiger partial charge on any atom is 0.435 e. The number of aromatic carboxylic acids is 1. The molecule has 0 bridgehead atoms. The Morgan fingerprint density at radius 3 is 1.99 bits per heavy atom. The van der Waals surface area contributed by atoms with E-state index in [4.69, 9.17) is 53.0 Å². The number of aromatic amines is 1. The predicted molar refractivity (Wildman–Crippen MR) is 349 cm³/mol. The first-order valence-electron chi connectivity index (χ1n) is 26.0. The quantitative estimate of drug-likeness (QED) is 0.0356. The van der Waals surface area contributed by atoms with E-state index in [0.717, 1.165) is 110 Å². The molecule has 4 aromatic carbocycles. The number of rotatable bonds is 13. The Labute approximate surface area is 524 Å². The summed E-state index contributed by atoms with van der Waals surface area (Å²) in [4.78, 5) is 57.3. The van der Waals surface area contributed by atoms with E-state index in [-0.39, 0.29) is 23.8 Å². The second-order valence-electron chi connectivity index (χ2n) is 19.1. The Morgan fingerprint density at radius 1 is 0.824 bits per heavy atom. The molecule has 20 nitrogen and oxygen atoms in total. The molecule has 0 radical (unpaired) electrons. The SMILES string of the molecule is C.CC(=O)c1cc2ccc(Br)cc2[nH]1.CC(C)(C)OC(=O)n1ncc2cc(Nc3ccnc(Cl)n3)ccc21.COCCNCCOC.Clc1nccc(Nc2ccc(C3=CCN=C3)cc2)n1.NC1CCOC1.O=C(O)c1cc2ccc(Br)cc2s1. The highest BCUT2D eigenvalue weighted by atomic mass is 79.9. The smallest absolute Gasteiger partial charge is 0.435 e. The Hall–Kier alpha value is -7.03. The number of nitrogens with one attached hydrogen (secondary N) is 4. The molecule has 5 aromatic heterocycles. The van der Waals surface area contributed by atoms with E-state index in [1.54, 1.807) is 64.0 Å². The van der Waals surface area contributed by atoms with Gasteiger partial charge in [0, 0.05) is 107 Å². The van der Waals surface area contributed by atoms with Crippen LogP contribution in [0.3, 0.4) is 0 Å². The molecule has 1 saturated heterocycles. The number of anilines is 4. The van der Waals surface area contributed by atoms with E-state index < -0.39 is 17.7 Å². The van der Waals surface area contributed by atoms with Crippen LogP contribution in [0.4, 0.5) is 27.8 Å². The zero-order chi connectivity index (χ0) is 60.6. The normalized spacial score (nSPS) is 13.0. The topological polar surface area (TPSA) is 268 Å². The highest BCUT2D eigenvalue weighted by Crippen LogP contribution is 2.29. The van der Waals surface area contributed by atoms with Gasteiger partial charge in [-0.1, -0.05) is 69.6 Å². The lowest BCUT2D eigenvalue weighted by Gasteiger charge is -2.19. The summed E-state index contributed by atoms with van der Waals surface area (Å²) in [7, 11) is 3.38. The Bertz CT molecular complexity index is 3570. The van der Waals surface area contributed by atoms with Crippen LogP contribution >= 0.6 is 66.4 Å². The standard InChI is InChI=1S/C16H16ClN5O2.C14H11ClN4.C10H8BrNO.C9H5BrO2S.C6H15NO2.C4H9NO.CH4/c1-16(2,3)24-15(23)22-12-5-4-11(8-10(12)9-19-22)20-13-6-7-18-14(17)21-13;15-14-17-8-6-13(19-14)18-12-3-1-10(2-4-12)11-5-7-16-9-11;1-6(13)9-4-7-2-3-8(11)5-10(7)12-9;10-6-2-1-5-3-8(9(11)12)13-7(5)4-6;1-8-5-3-7-4-6-9-2;5-4-1-2-6-3-4;/h4-9H,1-3H3,(H,18,20,21);1-6,8-9H,7H2,(H,17,18,19);2-5,12H,1H3;1-4H,(H,11,12);7H,3-6H2,1-2H3;4H,1-3,5H2;1H4. The third-order valence-electron chi connectivity index (χ3n) is 11.4. The molecule has 0 amide bonds. The molecule has 7 N–H and O–H groups in total. The highest BCUT2D eigenvalue weighted by molar-refractivity contribution is 9.10. The molecule has 9 aromatic rings. The number of aromatic nitrogens is 7. The van der Waals surface area contributed by atoms with Crippen molar-refractivity contribution in [2.75, 3.05) is 70.9 Å². The third-order valence-corrected chi connectivity index (χ3v) is 13.8. The number of aliphatic imine (C=N–C) groups is 1. The largest absolute Gasteiger partial charge is 0.477 e. The van der Waals surface area contributed by atoms with Crippen molar-refractivity contribution in [2.24, 2.45) is 10.7 Å². The molecule has 2 aliphatic rings. The van der Waals surface area contributed by atoms with E-state index in [1.807, 2.05) is 106 Å². The highest BCUT2D eigenvalue weighted by Gasteiger charge is 2.20. The third kappa shape index (κ3) is 23.4. The van der Waals surface area contributed by atoms with Crippen LogP contribution in [0.5, 0.6) is 0 Å². The number of carboxylic acid groups (broad SMARTS) is 1. The van der Waals surface area contributed by atoms with Crippen molar-refractivity contribution in [1.82, 2.24) is 40.0 Å². The number of ether oxygens (including phenoxy) is 4. The van der Waals surface area contributed by atoms with Gasteiger partial charge in [0.15, 0.2) is 5.78 Å². The first-order valence-corrected chi connectivity index (χ1v) is 29.2. The van der Waals surface area contributed by atoms with Crippen LogP contribution in [0.2, 0.25) is 10.6 Å². The minimum absolute atomic E-state index is 0. The fourth-order valence-corrected chi connectivity index (χ4v) is 9.49. The van der Waals surface area contributed by atoms with Gasteiger partial charge in [-0.2, -0.15) is 9.78 Å². The zero-order valence-electron chi connectivity index (χ0n) is 46.9. The fourth-order valence-electron chi connectivity index (χ4n) is 7.38. The molecule has 7 heterocycles. The van der Waals surface area contributed by atoms with Crippen LogP contribution < -0.4 is 21.7 Å². The summed E-state index contributed by atoms with van der Waals surface area (Å²) in [6.07, 6.45) is 9.32. The molecule has 1 fully saturated rings. The van der Waals surface area contributed by atoms with Crippen molar-refractivity contribution in [3.05, 3.63) is 163 Å². The molecular formula is C60H68Br2Cl2N12O8S. The summed E-state index contributed by atoms with van der Waals surface area (Å²) in [5.74, 6) is 0.452. The molecule has 0 aliphatic carbocycles. The molecule has 1 unspecified atom stereocenters. The average molecular weight is 1350 g/mol. The monoisotopic (exact) mass is 1340 g/mol. The number of carboxylic acids is 1. The van der Waals surface area contributed by atoms with Gasteiger partial charge in [0.25, 0.3) is 0 Å². The number of carbonyl (C=O) groups excluding carboxylic acids is 2. The number of hydrogen-bond acceptors (Lipinski definition) is 18. The Kier molecular flexibility index (Phi) is 28.2. The molecule has 450 valence electrons. The Balaban J connectivity index is 0.000000195. The molecule has 2 aliphatic heterocycles. The summed E-state index contributed by atoms with van der Waals surface area (Å²) in [6, 6.07) is 32.5. The lowest BCUT2D eigenvalue weighted by Crippen LogP contribution is -2.27. The van der Waals surface area contributed by atoms with Crippen molar-refractivity contribution in [2.45, 2.75) is 53.2 Å².